The summed E-state index contributed by atoms with van der Waals surface area (Å²) in [6, 6.07) is 0. The standard InChI is InChI=1S/C10H20O2S/c1-5-12-10(11)9(4)13-7-6-8(2)3/h8-9H,5-7H2,1-4H3. The Bertz CT molecular complexity index is 146. The molecular weight excluding hydrogens is 184 g/mol. The van der Waals surface area contributed by atoms with E-state index in [0.717, 1.165) is 12.2 Å². The van der Waals surface area contributed by atoms with Gasteiger partial charge in [0, 0.05) is 0 Å². The van der Waals surface area contributed by atoms with Crippen molar-refractivity contribution in [2.45, 2.75) is 39.4 Å². The molecule has 0 heterocycles. The second-order valence-corrected chi connectivity index (χ2v) is 4.90. The predicted molar refractivity (Wildman–Crippen MR) is 58.0 cm³/mol. The fourth-order valence-electron chi connectivity index (χ4n) is 0.808. The van der Waals surface area contributed by atoms with Crippen LogP contribution in [-0.2, 0) is 9.53 Å². The van der Waals surface area contributed by atoms with Gasteiger partial charge in [0.05, 0.1) is 11.9 Å². The molecule has 0 N–H and O–H groups in total. The number of hydrogen-bond donors (Lipinski definition) is 0. The van der Waals surface area contributed by atoms with E-state index in [0.29, 0.717) is 12.5 Å². The number of carbonyl (C=O) groups excluding carboxylic acids is 1. The van der Waals surface area contributed by atoms with Gasteiger partial charge in [-0.15, -0.1) is 11.8 Å². The van der Waals surface area contributed by atoms with E-state index in [9.17, 15) is 4.79 Å². The zero-order valence-electron chi connectivity index (χ0n) is 9.00. The molecule has 0 aliphatic heterocycles. The molecule has 0 saturated heterocycles. The molecule has 0 aliphatic carbocycles. The van der Waals surface area contributed by atoms with Crippen molar-refractivity contribution < 1.29 is 9.53 Å². The van der Waals surface area contributed by atoms with Crippen molar-refractivity contribution in [3.8, 4) is 0 Å². The van der Waals surface area contributed by atoms with E-state index in [1.54, 1.807) is 11.8 Å². The maximum absolute atomic E-state index is 11.2. The second-order valence-electron chi connectivity index (χ2n) is 3.45. The lowest BCUT2D eigenvalue weighted by molar-refractivity contribution is -0.142. The van der Waals surface area contributed by atoms with Gasteiger partial charge in [-0.25, -0.2) is 0 Å². The zero-order chi connectivity index (χ0) is 10.3. The molecule has 0 bridgehead atoms. The highest BCUT2D eigenvalue weighted by atomic mass is 32.2. The van der Waals surface area contributed by atoms with Crippen molar-refractivity contribution in [1.82, 2.24) is 0 Å². The van der Waals surface area contributed by atoms with Crippen LogP contribution in [0.2, 0.25) is 0 Å². The summed E-state index contributed by atoms with van der Waals surface area (Å²) in [7, 11) is 0. The van der Waals surface area contributed by atoms with Crippen LogP contribution in [0, 0.1) is 5.92 Å². The van der Waals surface area contributed by atoms with Crippen molar-refractivity contribution in [3.05, 3.63) is 0 Å². The first-order valence-electron chi connectivity index (χ1n) is 4.86. The summed E-state index contributed by atoms with van der Waals surface area (Å²) in [6.07, 6.45) is 1.16. The molecule has 13 heavy (non-hydrogen) atoms. The van der Waals surface area contributed by atoms with Gasteiger partial charge in [-0.2, -0.15) is 0 Å². The molecule has 1 atom stereocenters. The van der Waals surface area contributed by atoms with E-state index in [1.807, 2.05) is 13.8 Å². The number of thioether (sulfide) groups is 1. The Morgan fingerprint density at radius 2 is 2.00 bits per heavy atom. The first kappa shape index (κ1) is 12.8. The Kier molecular flexibility index (Phi) is 7.14. The molecular formula is C10H20O2S. The van der Waals surface area contributed by atoms with E-state index in [2.05, 4.69) is 13.8 Å². The largest absolute Gasteiger partial charge is 0.465 e. The van der Waals surface area contributed by atoms with Gasteiger partial charge in [-0.3, -0.25) is 4.79 Å². The van der Waals surface area contributed by atoms with Crippen molar-refractivity contribution in [2.75, 3.05) is 12.4 Å². The van der Waals surface area contributed by atoms with Crippen LogP contribution in [0.1, 0.15) is 34.1 Å². The molecule has 0 saturated carbocycles. The predicted octanol–water partition coefficient (Wildman–Crippen LogP) is 2.72. The monoisotopic (exact) mass is 204 g/mol. The molecule has 0 aromatic rings. The molecule has 0 fully saturated rings. The minimum Gasteiger partial charge on any atom is -0.465 e. The van der Waals surface area contributed by atoms with E-state index >= 15 is 0 Å². The lowest BCUT2D eigenvalue weighted by Crippen LogP contribution is -2.17. The summed E-state index contributed by atoms with van der Waals surface area (Å²) in [5.74, 6) is 1.66. The van der Waals surface area contributed by atoms with Crippen LogP contribution < -0.4 is 0 Å². The molecule has 3 heteroatoms. The van der Waals surface area contributed by atoms with E-state index in [-0.39, 0.29) is 11.2 Å². The van der Waals surface area contributed by atoms with Crippen LogP contribution in [0.5, 0.6) is 0 Å². The Morgan fingerprint density at radius 3 is 2.46 bits per heavy atom. The Hall–Kier alpha value is -0.180. The first-order chi connectivity index (χ1) is 6.07. The van der Waals surface area contributed by atoms with Crippen LogP contribution in [0.3, 0.4) is 0 Å². The number of hydrogen-bond acceptors (Lipinski definition) is 3. The molecule has 1 unspecified atom stereocenters. The Balaban J connectivity index is 3.49. The normalized spacial score (nSPS) is 13.0. The second kappa shape index (κ2) is 7.25. The summed E-state index contributed by atoms with van der Waals surface area (Å²) >= 11 is 1.68. The lowest BCUT2D eigenvalue weighted by Gasteiger charge is -2.10. The molecule has 2 nitrogen and oxygen atoms in total. The molecule has 0 aromatic heterocycles. The molecule has 0 amide bonds. The van der Waals surface area contributed by atoms with Crippen molar-refractivity contribution >= 4 is 17.7 Å². The van der Waals surface area contributed by atoms with Gasteiger partial charge in [-0.05, 0) is 31.9 Å². The van der Waals surface area contributed by atoms with Crippen molar-refractivity contribution in [1.29, 1.82) is 0 Å². The summed E-state index contributed by atoms with van der Waals surface area (Å²) in [4.78, 5) is 11.2. The van der Waals surface area contributed by atoms with Gasteiger partial charge in [0.2, 0.25) is 0 Å². The summed E-state index contributed by atoms with van der Waals surface area (Å²) < 4.78 is 4.90. The smallest absolute Gasteiger partial charge is 0.318 e. The zero-order valence-corrected chi connectivity index (χ0v) is 9.82. The number of rotatable bonds is 6. The van der Waals surface area contributed by atoms with E-state index in [4.69, 9.17) is 4.74 Å². The third-order valence-electron chi connectivity index (χ3n) is 1.68. The maximum Gasteiger partial charge on any atom is 0.318 e. The fraction of sp³-hybridized carbons (Fsp3) is 0.900. The molecule has 0 spiro atoms. The molecule has 0 aromatic carbocycles. The number of carbonyl (C=O) groups is 1. The third kappa shape index (κ3) is 6.94. The molecule has 0 rings (SSSR count). The quantitative estimate of drug-likeness (QED) is 0.622. The molecule has 78 valence electrons. The SMILES string of the molecule is CCOC(=O)C(C)SCCC(C)C. The maximum atomic E-state index is 11.2. The Morgan fingerprint density at radius 1 is 1.38 bits per heavy atom. The van der Waals surface area contributed by atoms with Crippen molar-refractivity contribution in [3.63, 3.8) is 0 Å². The van der Waals surface area contributed by atoms with E-state index < -0.39 is 0 Å². The minimum absolute atomic E-state index is 0.0151. The topological polar surface area (TPSA) is 26.3 Å². The van der Waals surface area contributed by atoms with Gasteiger partial charge in [0.25, 0.3) is 0 Å². The summed E-state index contributed by atoms with van der Waals surface area (Å²) in [5.41, 5.74) is 0. The van der Waals surface area contributed by atoms with Crippen molar-refractivity contribution in [2.24, 2.45) is 5.92 Å². The molecule has 0 aliphatic rings. The average Bonchev–Trinajstić information content (AvgIpc) is 2.04. The van der Waals surface area contributed by atoms with Crippen LogP contribution in [0.25, 0.3) is 0 Å². The van der Waals surface area contributed by atoms with Gasteiger partial charge >= 0.3 is 5.97 Å². The summed E-state index contributed by atoms with van der Waals surface area (Å²) in [6.45, 7) is 8.60. The van der Waals surface area contributed by atoms with Gasteiger partial charge in [0.15, 0.2) is 0 Å². The van der Waals surface area contributed by atoms with Crippen LogP contribution in [-0.4, -0.2) is 23.6 Å². The Labute approximate surface area is 85.4 Å². The highest BCUT2D eigenvalue weighted by Gasteiger charge is 2.13. The van der Waals surface area contributed by atoms with Crippen LogP contribution >= 0.6 is 11.8 Å². The highest BCUT2D eigenvalue weighted by Crippen LogP contribution is 2.15. The average molecular weight is 204 g/mol. The fourth-order valence-corrected chi connectivity index (χ4v) is 1.97. The van der Waals surface area contributed by atoms with Crippen LogP contribution in [0.15, 0.2) is 0 Å². The van der Waals surface area contributed by atoms with E-state index in [1.165, 1.54) is 0 Å². The van der Waals surface area contributed by atoms with Gasteiger partial charge in [-0.1, -0.05) is 13.8 Å². The summed E-state index contributed by atoms with van der Waals surface area (Å²) in [5, 5.41) is -0.0151. The lowest BCUT2D eigenvalue weighted by atomic mass is 10.2. The first-order valence-corrected chi connectivity index (χ1v) is 5.91. The number of ether oxygens (including phenoxy) is 1. The third-order valence-corrected chi connectivity index (χ3v) is 2.85. The minimum atomic E-state index is -0.0868. The molecule has 0 radical (unpaired) electrons. The number of esters is 1. The van der Waals surface area contributed by atoms with Crippen LogP contribution in [0.4, 0.5) is 0 Å². The van der Waals surface area contributed by atoms with Gasteiger partial charge < -0.3 is 4.74 Å². The van der Waals surface area contributed by atoms with Gasteiger partial charge in [0.1, 0.15) is 0 Å². The highest BCUT2D eigenvalue weighted by molar-refractivity contribution is 8.00.